The van der Waals surface area contributed by atoms with E-state index in [1.165, 1.54) is 18.2 Å². The van der Waals surface area contributed by atoms with Crippen LogP contribution in [-0.4, -0.2) is 34.2 Å². The molecule has 0 saturated heterocycles. The fraction of sp³-hybridized carbons (Fsp3) is 0.350. The van der Waals surface area contributed by atoms with E-state index in [-0.39, 0.29) is 28.3 Å². The number of rotatable bonds is 8. The van der Waals surface area contributed by atoms with Crippen LogP contribution in [0.4, 0.5) is 5.69 Å². The largest absolute Gasteiger partial charge is 0.496 e. The quantitative estimate of drug-likeness (QED) is 0.637. The van der Waals surface area contributed by atoms with Crippen LogP contribution in [0.3, 0.4) is 0 Å². The van der Waals surface area contributed by atoms with Crippen LogP contribution < -0.4 is 14.4 Å². The van der Waals surface area contributed by atoms with Crippen molar-refractivity contribution in [2.45, 2.75) is 26.3 Å². The van der Waals surface area contributed by atoms with Crippen LogP contribution in [0.15, 0.2) is 36.4 Å². The first-order valence-corrected chi connectivity index (χ1v) is 11.5. The van der Waals surface area contributed by atoms with Crippen molar-refractivity contribution < 1.29 is 17.9 Å². The normalized spacial score (nSPS) is 12.3. The number of benzene rings is 2. The number of anilines is 1. The van der Waals surface area contributed by atoms with Gasteiger partial charge in [0, 0.05) is 10.0 Å². The fourth-order valence-corrected chi connectivity index (χ4v) is 4.35. The van der Waals surface area contributed by atoms with Gasteiger partial charge in [0.15, 0.2) is 0 Å². The van der Waals surface area contributed by atoms with E-state index in [0.717, 1.165) is 27.4 Å². The summed E-state index contributed by atoms with van der Waals surface area (Å²) in [6.07, 6.45) is 1.67. The van der Waals surface area contributed by atoms with Crippen LogP contribution >= 0.6 is 23.2 Å². The molecule has 158 valence electrons. The molecule has 1 amide bonds. The minimum absolute atomic E-state index is 0.230. The number of sulfonamides is 1. The zero-order valence-corrected chi connectivity index (χ0v) is 19.0. The molecule has 0 saturated carbocycles. The molecule has 6 nitrogen and oxygen atoms in total. The third kappa shape index (κ3) is 6.26. The molecule has 2 aromatic rings. The molecule has 9 heteroatoms. The average molecular weight is 459 g/mol. The molecule has 2 aromatic carbocycles. The van der Waals surface area contributed by atoms with Crippen molar-refractivity contribution in [3.63, 3.8) is 0 Å². The lowest BCUT2D eigenvalue weighted by Crippen LogP contribution is -2.41. The number of ether oxygens (including phenoxy) is 1. The second-order valence-corrected chi connectivity index (χ2v) is 9.43. The molecule has 2 rings (SSSR count). The molecule has 0 radical (unpaired) electrons. The lowest BCUT2D eigenvalue weighted by atomic mass is 10.0. The van der Waals surface area contributed by atoms with Gasteiger partial charge in [-0.05, 0) is 48.7 Å². The summed E-state index contributed by atoms with van der Waals surface area (Å²) in [4.78, 5) is 12.7. The number of aryl methyl sites for hydroxylation is 1. The van der Waals surface area contributed by atoms with Crippen molar-refractivity contribution in [1.29, 1.82) is 0 Å². The first-order chi connectivity index (χ1) is 13.5. The van der Waals surface area contributed by atoms with Gasteiger partial charge in [-0.1, -0.05) is 42.3 Å². The van der Waals surface area contributed by atoms with E-state index in [4.69, 9.17) is 27.9 Å². The third-order valence-electron chi connectivity index (χ3n) is 4.39. The monoisotopic (exact) mass is 458 g/mol. The number of hydrogen-bond acceptors (Lipinski definition) is 4. The SMILES string of the molecule is CC[C@H](NC(=O)CN(c1cc(Cl)cc(Cl)c1)S(C)(=O)=O)c1ccc(OC)c(C)c1. The Morgan fingerprint density at radius 1 is 1.17 bits per heavy atom. The Hall–Kier alpha value is -1.96. The highest BCUT2D eigenvalue weighted by molar-refractivity contribution is 7.92. The highest BCUT2D eigenvalue weighted by Crippen LogP contribution is 2.27. The molecule has 1 N–H and O–H groups in total. The van der Waals surface area contributed by atoms with Gasteiger partial charge in [-0.2, -0.15) is 0 Å². The van der Waals surface area contributed by atoms with Gasteiger partial charge in [-0.15, -0.1) is 0 Å². The molecule has 0 spiro atoms. The summed E-state index contributed by atoms with van der Waals surface area (Å²) in [5.74, 6) is 0.322. The Balaban J connectivity index is 2.23. The van der Waals surface area contributed by atoms with Crippen molar-refractivity contribution in [2.75, 3.05) is 24.2 Å². The van der Waals surface area contributed by atoms with Crippen molar-refractivity contribution in [3.8, 4) is 5.75 Å². The Kier molecular flexibility index (Phi) is 7.80. The van der Waals surface area contributed by atoms with Crippen molar-refractivity contribution in [3.05, 3.63) is 57.6 Å². The van der Waals surface area contributed by atoms with Crippen LogP contribution in [0.25, 0.3) is 0 Å². The fourth-order valence-electron chi connectivity index (χ4n) is 2.99. The van der Waals surface area contributed by atoms with Gasteiger partial charge >= 0.3 is 0 Å². The Labute approximate surface area is 181 Å². The summed E-state index contributed by atoms with van der Waals surface area (Å²) in [6, 6.07) is 9.79. The third-order valence-corrected chi connectivity index (χ3v) is 5.96. The number of halogens is 2. The number of carbonyl (C=O) groups excluding carboxylic acids is 1. The lowest BCUT2D eigenvalue weighted by molar-refractivity contribution is -0.120. The van der Waals surface area contributed by atoms with Crippen molar-refractivity contribution in [2.24, 2.45) is 0 Å². The van der Waals surface area contributed by atoms with Crippen LogP contribution in [0.5, 0.6) is 5.75 Å². The van der Waals surface area contributed by atoms with E-state index in [1.54, 1.807) is 7.11 Å². The Morgan fingerprint density at radius 2 is 1.79 bits per heavy atom. The summed E-state index contributed by atoms with van der Waals surface area (Å²) in [7, 11) is -2.13. The Morgan fingerprint density at radius 3 is 2.28 bits per heavy atom. The summed E-state index contributed by atoms with van der Waals surface area (Å²) in [6.45, 7) is 3.47. The van der Waals surface area contributed by atoms with E-state index >= 15 is 0 Å². The molecular weight excluding hydrogens is 435 g/mol. The van der Waals surface area contributed by atoms with Crippen LogP contribution in [0, 0.1) is 6.92 Å². The van der Waals surface area contributed by atoms with E-state index in [1.807, 2.05) is 32.0 Å². The minimum Gasteiger partial charge on any atom is -0.496 e. The van der Waals surface area contributed by atoms with E-state index < -0.39 is 15.9 Å². The zero-order valence-electron chi connectivity index (χ0n) is 16.7. The molecular formula is C20H24Cl2N2O4S. The molecule has 1 atom stereocenters. The molecule has 0 aliphatic heterocycles. The van der Waals surface area contributed by atoms with Crippen molar-refractivity contribution >= 4 is 44.8 Å². The molecule has 0 aliphatic carbocycles. The van der Waals surface area contributed by atoms with E-state index in [0.29, 0.717) is 6.42 Å². The topological polar surface area (TPSA) is 75.7 Å². The number of nitrogens with one attached hydrogen (secondary N) is 1. The predicted octanol–water partition coefficient (Wildman–Crippen LogP) is 4.34. The van der Waals surface area contributed by atoms with E-state index in [2.05, 4.69) is 5.32 Å². The standard InChI is InChI=1S/C20H24Cl2N2O4S/c1-5-18(14-6-7-19(28-3)13(2)8-14)23-20(25)12-24(29(4,26)27)17-10-15(21)9-16(22)11-17/h6-11,18H,5,12H2,1-4H3,(H,23,25)/t18-/m0/s1. The molecule has 0 fully saturated rings. The van der Waals surface area contributed by atoms with Gasteiger partial charge in [0.2, 0.25) is 15.9 Å². The zero-order chi connectivity index (χ0) is 21.8. The molecule has 0 aromatic heterocycles. The molecule has 0 aliphatic rings. The van der Waals surface area contributed by atoms with Crippen molar-refractivity contribution in [1.82, 2.24) is 5.32 Å². The van der Waals surface area contributed by atoms with E-state index in [9.17, 15) is 13.2 Å². The van der Waals surface area contributed by atoms with Gasteiger partial charge < -0.3 is 10.1 Å². The van der Waals surface area contributed by atoms with Crippen LogP contribution in [-0.2, 0) is 14.8 Å². The van der Waals surface area contributed by atoms with Gasteiger partial charge in [-0.3, -0.25) is 9.10 Å². The highest BCUT2D eigenvalue weighted by atomic mass is 35.5. The second kappa shape index (κ2) is 9.69. The molecule has 29 heavy (non-hydrogen) atoms. The van der Waals surface area contributed by atoms with Gasteiger partial charge in [0.1, 0.15) is 12.3 Å². The minimum atomic E-state index is -3.73. The number of hydrogen-bond donors (Lipinski definition) is 1. The average Bonchev–Trinajstić information content (AvgIpc) is 2.62. The first kappa shape index (κ1) is 23.3. The maximum absolute atomic E-state index is 12.7. The number of methoxy groups -OCH3 is 1. The van der Waals surface area contributed by atoms with Gasteiger partial charge in [0.05, 0.1) is 25.1 Å². The molecule has 0 unspecified atom stereocenters. The number of amides is 1. The maximum atomic E-state index is 12.7. The van der Waals surface area contributed by atoms with Crippen LogP contribution in [0.1, 0.15) is 30.5 Å². The maximum Gasteiger partial charge on any atom is 0.241 e. The summed E-state index contributed by atoms with van der Waals surface area (Å²) in [5.41, 5.74) is 2.09. The van der Waals surface area contributed by atoms with Gasteiger partial charge in [0.25, 0.3) is 0 Å². The summed E-state index contributed by atoms with van der Waals surface area (Å²) >= 11 is 12.0. The summed E-state index contributed by atoms with van der Waals surface area (Å²) < 4.78 is 30.8. The van der Waals surface area contributed by atoms with Gasteiger partial charge in [-0.25, -0.2) is 8.42 Å². The summed E-state index contributed by atoms with van der Waals surface area (Å²) in [5, 5.41) is 3.46. The Bertz CT molecular complexity index is 976. The second-order valence-electron chi connectivity index (χ2n) is 6.65. The predicted molar refractivity (Wildman–Crippen MR) is 118 cm³/mol. The smallest absolute Gasteiger partial charge is 0.241 e. The lowest BCUT2D eigenvalue weighted by Gasteiger charge is -2.24. The number of carbonyl (C=O) groups is 1. The van der Waals surface area contributed by atoms with Crippen LogP contribution in [0.2, 0.25) is 10.0 Å². The first-order valence-electron chi connectivity index (χ1n) is 8.92. The number of nitrogens with zero attached hydrogens (tertiary/aromatic N) is 1. The highest BCUT2D eigenvalue weighted by Gasteiger charge is 2.23. The molecule has 0 bridgehead atoms. The molecule has 0 heterocycles.